The number of carbonyl (C=O) groups excluding carboxylic acids is 1. The molecule has 0 aliphatic rings. The molecule has 0 unspecified atom stereocenters. The topological polar surface area (TPSA) is 56.8 Å². The Morgan fingerprint density at radius 2 is 1.85 bits per heavy atom. The zero-order valence-corrected chi connectivity index (χ0v) is 16.4. The van der Waals surface area contributed by atoms with E-state index in [-0.39, 0.29) is 5.91 Å². The van der Waals surface area contributed by atoms with E-state index in [1.165, 1.54) is 0 Å². The van der Waals surface area contributed by atoms with Crippen molar-refractivity contribution in [2.75, 3.05) is 25.6 Å². The first kappa shape index (κ1) is 20.6. The number of hydrogen-bond donors (Lipinski definition) is 1. The van der Waals surface area contributed by atoms with Crippen LogP contribution in [0.1, 0.15) is 38.7 Å². The molecule has 0 saturated carbocycles. The average molecular weight is 371 g/mol. The molecule has 2 aromatic rings. The lowest BCUT2D eigenvalue weighted by Crippen LogP contribution is -2.14. The molecular formula is C22H29NO4. The third kappa shape index (κ3) is 6.51. The smallest absolute Gasteiger partial charge is 0.224 e. The van der Waals surface area contributed by atoms with E-state index in [0.717, 1.165) is 24.2 Å². The number of unbranched alkanes of at least 4 members (excludes halogenated alkanes) is 1. The molecule has 146 valence electrons. The zero-order valence-electron chi connectivity index (χ0n) is 16.4. The van der Waals surface area contributed by atoms with E-state index in [0.29, 0.717) is 43.2 Å². The highest BCUT2D eigenvalue weighted by Gasteiger charge is 2.11. The van der Waals surface area contributed by atoms with Gasteiger partial charge in [-0.05, 0) is 43.5 Å². The third-order valence-electron chi connectivity index (χ3n) is 4.11. The zero-order chi connectivity index (χ0) is 19.5. The van der Waals surface area contributed by atoms with Gasteiger partial charge in [0.15, 0.2) is 0 Å². The predicted octanol–water partition coefficient (Wildman–Crippen LogP) is 4.84. The summed E-state index contributed by atoms with van der Waals surface area (Å²) in [5, 5.41) is 2.95. The predicted molar refractivity (Wildman–Crippen MR) is 108 cm³/mol. The molecule has 1 N–H and O–H groups in total. The molecule has 0 aliphatic carbocycles. The van der Waals surface area contributed by atoms with Crippen molar-refractivity contribution in [2.24, 2.45) is 0 Å². The van der Waals surface area contributed by atoms with Crippen LogP contribution >= 0.6 is 0 Å². The van der Waals surface area contributed by atoms with Crippen molar-refractivity contribution in [3.8, 4) is 17.2 Å². The third-order valence-corrected chi connectivity index (χ3v) is 4.11. The number of amides is 1. The largest absolute Gasteiger partial charge is 0.497 e. The second-order valence-corrected chi connectivity index (χ2v) is 6.15. The molecule has 5 nitrogen and oxygen atoms in total. The Balaban J connectivity index is 2.02. The summed E-state index contributed by atoms with van der Waals surface area (Å²) in [5.74, 6) is 2.09. The van der Waals surface area contributed by atoms with Gasteiger partial charge in [-0.2, -0.15) is 0 Å². The highest BCUT2D eigenvalue weighted by atomic mass is 16.5. The lowest BCUT2D eigenvalue weighted by atomic mass is 10.1. The van der Waals surface area contributed by atoms with Gasteiger partial charge in [0.05, 0.1) is 26.0 Å². The standard InChI is InChI=1S/C22H29NO4/c1-4-6-15-27-21-13-12-18(25-3)16-19(21)23-22(24)14-11-17-9-7-8-10-20(17)26-5-2/h7-10,12-13,16H,4-6,11,14-15H2,1-3H3,(H,23,24). The maximum atomic E-state index is 12.5. The Morgan fingerprint density at radius 3 is 2.59 bits per heavy atom. The fraction of sp³-hybridized carbons (Fsp3) is 0.409. The normalized spacial score (nSPS) is 10.3. The summed E-state index contributed by atoms with van der Waals surface area (Å²) >= 11 is 0. The number of hydrogen-bond acceptors (Lipinski definition) is 4. The van der Waals surface area contributed by atoms with Crippen LogP contribution in [-0.2, 0) is 11.2 Å². The summed E-state index contributed by atoms with van der Waals surface area (Å²) in [6.07, 6.45) is 2.98. The molecule has 0 fully saturated rings. The molecule has 27 heavy (non-hydrogen) atoms. The van der Waals surface area contributed by atoms with E-state index in [4.69, 9.17) is 14.2 Å². The molecule has 0 saturated heterocycles. The molecule has 0 spiro atoms. The van der Waals surface area contributed by atoms with Gasteiger partial charge >= 0.3 is 0 Å². The van der Waals surface area contributed by atoms with E-state index >= 15 is 0 Å². The minimum Gasteiger partial charge on any atom is -0.497 e. The first-order valence-corrected chi connectivity index (χ1v) is 9.49. The number of aryl methyl sites for hydroxylation is 1. The van der Waals surface area contributed by atoms with Crippen LogP contribution < -0.4 is 19.5 Å². The van der Waals surface area contributed by atoms with Crippen LogP contribution in [0.2, 0.25) is 0 Å². The number of ether oxygens (including phenoxy) is 3. The van der Waals surface area contributed by atoms with E-state index < -0.39 is 0 Å². The van der Waals surface area contributed by atoms with Gasteiger partial charge in [0.2, 0.25) is 5.91 Å². The van der Waals surface area contributed by atoms with Gasteiger partial charge in [-0.15, -0.1) is 0 Å². The number of rotatable bonds is 11. The quantitative estimate of drug-likeness (QED) is 0.574. The van der Waals surface area contributed by atoms with Crippen LogP contribution in [0.4, 0.5) is 5.69 Å². The van der Waals surface area contributed by atoms with Crippen molar-refractivity contribution in [2.45, 2.75) is 39.5 Å². The molecule has 2 rings (SSSR count). The number of nitrogens with one attached hydrogen (secondary N) is 1. The van der Waals surface area contributed by atoms with Gasteiger partial charge in [-0.1, -0.05) is 31.5 Å². The van der Waals surface area contributed by atoms with Crippen LogP contribution in [0.25, 0.3) is 0 Å². The van der Waals surface area contributed by atoms with Gasteiger partial charge in [-0.25, -0.2) is 0 Å². The molecule has 0 aliphatic heterocycles. The van der Waals surface area contributed by atoms with Crippen molar-refractivity contribution in [3.63, 3.8) is 0 Å². The van der Waals surface area contributed by atoms with Gasteiger partial charge in [0.25, 0.3) is 0 Å². The lowest BCUT2D eigenvalue weighted by Gasteiger charge is -2.14. The second-order valence-electron chi connectivity index (χ2n) is 6.15. The average Bonchev–Trinajstić information content (AvgIpc) is 2.68. The van der Waals surface area contributed by atoms with Crippen molar-refractivity contribution in [3.05, 3.63) is 48.0 Å². The van der Waals surface area contributed by atoms with Crippen LogP contribution in [0.3, 0.4) is 0 Å². The van der Waals surface area contributed by atoms with E-state index in [1.54, 1.807) is 13.2 Å². The second kappa shape index (κ2) is 11.1. The van der Waals surface area contributed by atoms with Gasteiger partial charge < -0.3 is 19.5 Å². The van der Waals surface area contributed by atoms with Crippen molar-refractivity contribution >= 4 is 11.6 Å². The van der Waals surface area contributed by atoms with Crippen LogP contribution in [-0.4, -0.2) is 26.2 Å². The maximum Gasteiger partial charge on any atom is 0.224 e. The Morgan fingerprint density at radius 1 is 1.04 bits per heavy atom. The molecule has 2 aromatic carbocycles. The van der Waals surface area contributed by atoms with Crippen LogP contribution in [0.15, 0.2) is 42.5 Å². The Bertz CT molecular complexity index is 730. The molecule has 0 heterocycles. The Kier molecular flexibility index (Phi) is 8.49. The van der Waals surface area contributed by atoms with Crippen molar-refractivity contribution in [1.82, 2.24) is 0 Å². The monoisotopic (exact) mass is 371 g/mol. The Hall–Kier alpha value is -2.69. The molecule has 1 amide bonds. The highest BCUT2D eigenvalue weighted by molar-refractivity contribution is 5.92. The fourth-order valence-electron chi connectivity index (χ4n) is 2.65. The SMILES string of the molecule is CCCCOc1ccc(OC)cc1NC(=O)CCc1ccccc1OCC. The van der Waals surface area contributed by atoms with Crippen LogP contribution in [0, 0.1) is 0 Å². The lowest BCUT2D eigenvalue weighted by molar-refractivity contribution is -0.116. The molecule has 0 atom stereocenters. The first-order valence-electron chi connectivity index (χ1n) is 9.49. The number of benzene rings is 2. The van der Waals surface area contributed by atoms with Gasteiger partial charge in [0, 0.05) is 12.5 Å². The van der Waals surface area contributed by atoms with Gasteiger partial charge in [0.1, 0.15) is 17.2 Å². The highest BCUT2D eigenvalue weighted by Crippen LogP contribution is 2.30. The van der Waals surface area contributed by atoms with Crippen molar-refractivity contribution < 1.29 is 19.0 Å². The van der Waals surface area contributed by atoms with E-state index in [2.05, 4.69) is 12.2 Å². The molecule has 5 heteroatoms. The number of methoxy groups -OCH3 is 1. The van der Waals surface area contributed by atoms with Crippen molar-refractivity contribution in [1.29, 1.82) is 0 Å². The maximum absolute atomic E-state index is 12.5. The summed E-state index contributed by atoms with van der Waals surface area (Å²) < 4.78 is 16.7. The number of para-hydroxylation sites is 1. The summed E-state index contributed by atoms with van der Waals surface area (Å²) in [6.45, 7) is 5.28. The minimum atomic E-state index is -0.0742. The van der Waals surface area contributed by atoms with E-state index in [1.807, 2.05) is 43.3 Å². The molecule has 0 radical (unpaired) electrons. The summed E-state index contributed by atoms with van der Waals surface area (Å²) in [7, 11) is 1.60. The summed E-state index contributed by atoms with van der Waals surface area (Å²) in [6, 6.07) is 13.3. The number of anilines is 1. The van der Waals surface area contributed by atoms with Crippen LogP contribution in [0.5, 0.6) is 17.2 Å². The molecule has 0 aromatic heterocycles. The summed E-state index contributed by atoms with van der Waals surface area (Å²) in [4.78, 5) is 12.5. The van der Waals surface area contributed by atoms with E-state index in [9.17, 15) is 4.79 Å². The fourth-order valence-corrected chi connectivity index (χ4v) is 2.65. The Labute approximate surface area is 161 Å². The summed E-state index contributed by atoms with van der Waals surface area (Å²) in [5.41, 5.74) is 1.66. The molecular weight excluding hydrogens is 342 g/mol. The minimum absolute atomic E-state index is 0.0742. The number of carbonyl (C=O) groups is 1. The first-order chi connectivity index (χ1) is 13.2. The van der Waals surface area contributed by atoms with Gasteiger partial charge in [-0.3, -0.25) is 4.79 Å². The molecule has 0 bridgehead atoms.